The Morgan fingerprint density at radius 3 is 2.04 bits per heavy atom. The molecule has 3 aromatic carbocycles. The summed E-state index contributed by atoms with van der Waals surface area (Å²) in [7, 11) is 3.37. The van der Waals surface area contributed by atoms with Crippen molar-refractivity contribution in [3.05, 3.63) is 73.7 Å². The highest BCUT2D eigenvalue weighted by Gasteiger charge is 2.57. The Labute approximate surface area is 286 Å². The monoisotopic (exact) mass is 662 g/mol. The molecule has 0 amide bonds. The average molecular weight is 663 g/mol. The Morgan fingerprint density at radius 1 is 0.918 bits per heavy atom. The molecule has 12 heteroatoms. The second kappa shape index (κ2) is 12.3. The summed E-state index contributed by atoms with van der Waals surface area (Å²) in [6.07, 6.45) is 3.96. The minimum atomic E-state index is -0.257. The lowest BCUT2D eigenvalue weighted by molar-refractivity contribution is 0.347. The van der Waals surface area contributed by atoms with Crippen molar-refractivity contribution in [3.8, 4) is 52.0 Å². The van der Waals surface area contributed by atoms with Crippen molar-refractivity contribution in [3.63, 3.8) is 0 Å². The van der Waals surface area contributed by atoms with Gasteiger partial charge in [0, 0.05) is 16.9 Å². The minimum Gasteiger partial charge on any atom is -0.493 e. The molecule has 1 N–H and O–H groups in total. The number of ether oxygens (including phenoxy) is 4. The van der Waals surface area contributed by atoms with Gasteiger partial charge in [-0.2, -0.15) is 10.5 Å². The summed E-state index contributed by atoms with van der Waals surface area (Å²) in [4.78, 5) is 2.60. The lowest BCUT2D eigenvalue weighted by Gasteiger charge is -2.31. The number of hydrogen-bond donors (Lipinski definition) is 1. The topological polar surface area (TPSA) is 164 Å². The Hall–Kier alpha value is -5.27. The Bertz CT molecular complexity index is 2040. The maximum absolute atomic E-state index is 10.1. The molecule has 3 aliphatic rings. The minimum absolute atomic E-state index is 0.0887. The van der Waals surface area contributed by atoms with Gasteiger partial charge in [0.15, 0.2) is 34.5 Å². The van der Waals surface area contributed by atoms with E-state index in [1.165, 1.54) is 22.3 Å². The number of H-pyrrole nitrogens is 1. The van der Waals surface area contributed by atoms with Crippen molar-refractivity contribution in [2.45, 2.75) is 90.4 Å². The van der Waals surface area contributed by atoms with Crippen LogP contribution in [0.5, 0.6) is 34.5 Å². The van der Waals surface area contributed by atoms with Gasteiger partial charge in [-0.3, -0.25) is 0 Å². The molecule has 1 unspecified atom stereocenters. The number of rotatable bonds is 6. The zero-order valence-corrected chi connectivity index (χ0v) is 29.6. The number of benzene rings is 3. The Balaban J connectivity index is 0.000000540. The van der Waals surface area contributed by atoms with Gasteiger partial charge in [-0.15, -0.1) is 10.2 Å². The summed E-state index contributed by atoms with van der Waals surface area (Å²) in [5.41, 5.74) is 15.0. The fourth-order valence-electron chi connectivity index (χ4n) is 8.10. The molecule has 0 saturated carbocycles. The maximum atomic E-state index is 10.1. The van der Waals surface area contributed by atoms with E-state index in [-0.39, 0.29) is 16.2 Å². The number of aromatic nitrogens is 4. The molecule has 254 valence electrons. The van der Waals surface area contributed by atoms with E-state index in [0.717, 1.165) is 48.3 Å². The molecule has 2 heterocycles. The fourth-order valence-corrected chi connectivity index (χ4v) is 8.10. The zero-order valence-electron chi connectivity index (χ0n) is 29.6. The zero-order chi connectivity index (χ0) is 35.3. The number of nitriles is 1. The van der Waals surface area contributed by atoms with E-state index >= 15 is 0 Å². The standard InChI is InChI=1S/C33H33N5O4.C4H9N3/c1-16-17(2)27(30-35-37-38-36-30)29-28(18(16)13-34)41-25-10-20-22(12-26(25)42-29)33(15-32(20,5)6)14-31(3,4)19-9-23(39-7)24(40-8)11-21(19)33;1-2-3-4-6-7-5/h9-12H,14-15H2,1-8H3,(H,35,36,37,38);2-4H2,1H3. The number of methoxy groups -OCH3 is 2. The summed E-state index contributed by atoms with van der Waals surface area (Å²) in [5, 5.41) is 28.2. The lowest BCUT2D eigenvalue weighted by atomic mass is 9.72. The summed E-state index contributed by atoms with van der Waals surface area (Å²) in [5.74, 6) is 3.85. The molecule has 2 aliphatic carbocycles. The van der Waals surface area contributed by atoms with E-state index in [2.05, 4.69) is 95.6 Å². The third-order valence-electron chi connectivity index (χ3n) is 10.3. The number of nitrogens with one attached hydrogen (secondary N) is 1. The van der Waals surface area contributed by atoms with E-state index in [4.69, 9.17) is 24.5 Å². The van der Waals surface area contributed by atoms with Gasteiger partial charge in [0.05, 0.1) is 19.8 Å². The Morgan fingerprint density at radius 2 is 1.49 bits per heavy atom. The van der Waals surface area contributed by atoms with Crippen molar-refractivity contribution in [1.82, 2.24) is 20.6 Å². The first-order valence-corrected chi connectivity index (χ1v) is 16.5. The van der Waals surface area contributed by atoms with Crippen LogP contribution < -0.4 is 18.9 Å². The van der Waals surface area contributed by atoms with Crippen LogP contribution in [0.3, 0.4) is 0 Å². The average Bonchev–Trinajstić information content (AvgIpc) is 3.74. The number of azide groups is 1. The van der Waals surface area contributed by atoms with Gasteiger partial charge >= 0.3 is 0 Å². The van der Waals surface area contributed by atoms with Crippen LogP contribution >= 0.6 is 0 Å². The molecule has 12 nitrogen and oxygen atoms in total. The molecular weight excluding hydrogens is 620 g/mol. The molecule has 1 atom stereocenters. The SMILES string of the molecule is CCCCN=[N+]=[N-].COc1cc2c(cc1OC)C1(CC2(C)C)CC(C)(C)c2cc3c(cc21)Oc1c(c(C#N)c(C)c(C)c1-c1nn[nH]n1)O3. The third kappa shape index (κ3) is 5.29. The highest BCUT2D eigenvalue weighted by molar-refractivity contribution is 5.80. The van der Waals surface area contributed by atoms with Gasteiger partial charge in [0.25, 0.3) is 0 Å². The number of unbranched alkanes of at least 4 members (excludes halogenated alkanes) is 1. The van der Waals surface area contributed by atoms with Crippen LogP contribution in [0, 0.1) is 25.2 Å². The van der Waals surface area contributed by atoms with Crippen LogP contribution in [0.15, 0.2) is 29.4 Å². The van der Waals surface area contributed by atoms with E-state index < -0.39 is 0 Å². The summed E-state index contributed by atoms with van der Waals surface area (Å²) < 4.78 is 24.7. The Kier molecular flexibility index (Phi) is 8.45. The number of fused-ring (bicyclic) bond motifs is 6. The molecule has 7 rings (SSSR count). The second-order valence-electron chi connectivity index (χ2n) is 14.3. The molecule has 0 radical (unpaired) electrons. The van der Waals surface area contributed by atoms with E-state index in [0.29, 0.717) is 46.5 Å². The number of nitrogens with zero attached hydrogens (tertiary/aromatic N) is 7. The van der Waals surface area contributed by atoms with Crippen LogP contribution in [-0.2, 0) is 16.2 Å². The van der Waals surface area contributed by atoms with Gasteiger partial charge in [0.1, 0.15) is 11.6 Å². The number of hydrogen-bond acceptors (Lipinski definition) is 9. The lowest BCUT2D eigenvalue weighted by Crippen LogP contribution is -2.27. The van der Waals surface area contributed by atoms with Crippen LogP contribution in [0.25, 0.3) is 21.8 Å². The van der Waals surface area contributed by atoms with Gasteiger partial charge in [-0.1, -0.05) is 46.2 Å². The van der Waals surface area contributed by atoms with Crippen LogP contribution in [0.4, 0.5) is 0 Å². The van der Waals surface area contributed by atoms with Gasteiger partial charge in [-0.05, 0) is 112 Å². The first kappa shape index (κ1) is 33.6. The number of tetrazole rings is 1. The van der Waals surface area contributed by atoms with Gasteiger partial charge in [0.2, 0.25) is 5.82 Å². The predicted octanol–water partition coefficient (Wildman–Crippen LogP) is 9.02. The number of aromatic amines is 1. The molecule has 1 aliphatic heterocycles. The molecule has 0 saturated heterocycles. The van der Waals surface area contributed by atoms with Crippen molar-refractivity contribution in [2.24, 2.45) is 5.11 Å². The van der Waals surface area contributed by atoms with Crippen molar-refractivity contribution < 1.29 is 18.9 Å². The highest BCUT2D eigenvalue weighted by atomic mass is 16.6. The summed E-state index contributed by atoms with van der Waals surface area (Å²) >= 11 is 0. The van der Waals surface area contributed by atoms with Crippen molar-refractivity contribution in [2.75, 3.05) is 20.8 Å². The molecule has 49 heavy (non-hydrogen) atoms. The predicted molar refractivity (Wildman–Crippen MR) is 185 cm³/mol. The maximum Gasteiger partial charge on any atom is 0.208 e. The smallest absolute Gasteiger partial charge is 0.208 e. The molecule has 1 aromatic heterocycles. The van der Waals surface area contributed by atoms with Gasteiger partial charge < -0.3 is 18.9 Å². The van der Waals surface area contributed by atoms with Crippen molar-refractivity contribution in [1.29, 1.82) is 5.26 Å². The first-order chi connectivity index (χ1) is 23.4. The highest BCUT2D eigenvalue weighted by Crippen LogP contribution is 2.66. The van der Waals surface area contributed by atoms with Crippen molar-refractivity contribution >= 4 is 0 Å². The van der Waals surface area contributed by atoms with E-state index in [1.807, 2.05) is 13.8 Å². The van der Waals surface area contributed by atoms with Crippen LogP contribution in [-0.4, -0.2) is 41.4 Å². The largest absolute Gasteiger partial charge is 0.493 e. The van der Waals surface area contributed by atoms with E-state index in [1.54, 1.807) is 14.2 Å². The summed E-state index contributed by atoms with van der Waals surface area (Å²) in [6.45, 7) is 15.7. The van der Waals surface area contributed by atoms with E-state index in [9.17, 15) is 5.26 Å². The molecule has 1 spiro atoms. The fraction of sp³-hybridized carbons (Fsp3) is 0.459. The third-order valence-corrected chi connectivity index (χ3v) is 10.3. The van der Waals surface area contributed by atoms with Crippen LogP contribution in [0.1, 0.15) is 99.2 Å². The summed E-state index contributed by atoms with van der Waals surface area (Å²) in [6, 6.07) is 10.9. The normalized spacial score (nSPS) is 18.3. The second-order valence-corrected chi connectivity index (χ2v) is 14.3. The molecule has 0 bridgehead atoms. The molecule has 4 aromatic rings. The first-order valence-electron chi connectivity index (χ1n) is 16.5. The quantitative estimate of drug-likeness (QED) is 0.0814. The molecular formula is C37H42N8O4. The molecule has 0 fully saturated rings. The van der Waals surface area contributed by atoms with Gasteiger partial charge in [-0.25, -0.2) is 0 Å². The van der Waals surface area contributed by atoms with Crippen LogP contribution in [0.2, 0.25) is 0 Å².